The Labute approximate surface area is 130 Å². The third-order valence-corrected chi connectivity index (χ3v) is 3.84. The Kier molecular flexibility index (Phi) is 2.77. The lowest BCUT2D eigenvalue weighted by Crippen LogP contribution is -2.14. The van der Waals surface area contributed by atoms with Crippen molar-refractivity contribution in [3.8, 4) is 5.69 Å². The van der Waals surface area contributed by atoms with Gasteiger partial charge in [0.1, 0.15) is 5.15 Å². The van der Waals surface area contributed by atoms with E-state index in [1.807, 2.05) is 31.2 Å². The SMILES string of the molecule is Cc1cccc(-n2[nH]c3c(cnc4cnc(Cl)cc43)c2=O)c1. The smallest absolute Gasteiger partial charge is 0.280 e. The second kappa shape index (κ2) is 4.68. The van der Waals surface area contributed by atoms with Gasteiger partial charge in [0.15, 0.2) is 0 Å². The van der Waals surface area contributed by atoms with Crippen LogP contribution in [-0.2, 0) is 0 Å². The molecular formula is C16H11ClN4O. The van der Waals surface area contributed by atoms with E-state index in [1.54, 1.807) is 18.5 Å². The predicted octanol–water partition coefficient (Wildman–Crippen LogP) is 3.22. The molecule has 5 nitrogen and oxygen atoms in total. The Hall–Kier alpha value is -2.66. The number of fused-ring (bicyclic) bond motifs is 3. The van der Waals surface area contributed by atoms with Crippen molar-refractivity contribution in [2.75, 3.05) is 0 Å². The second-order valence-electron chi connectivity index (χ2n) is 5.16. The highest BCUT2D eigenvalue weighted by Gasteiger charge is 2.12. The molecule has 0 fully saturated rings. The fraction of sp³-hybridized carbons (Fsp3) is 0.0625. The summed E-state index contributed by atoms with van der Waals surface area (Å²) in [7, 11) is 0. The van der Waals surface area contributed by atoms with Crippen molar-refractivity contribution in [2.24, 2.45) is 0 Å². The summed E-state index contributed by atoms with van der Waals surface area (Å²) >= 11 is 5.97. The molecule has 3 heterocycles. The van der Waals surface area contributed by atoms with Crippen LogP contribution in [0.15, 0.2) is 47.5 Å². The van der Waals surface area contributed by atoms with Gasteiger partial charge < -0.3 is 0 Å². The normalized spacial score (nSPS) is 11.4. The molecule has 0 aliphatic rings. The van der Waals surface area contributed by atoms with E-state index < -0.39 is 0 Å². The fourth-order valence-corrected chi connectivity index (χ4v) is 2.74. The molecule has 0 radical (unpaired) electrons. The summed E-state index contributed by atoms with van der Waals surface area (Å²) in [4.78, 5) is 20.9. The molecule has 4 rings (SSSR count). The number of aryl methyl sites for hydroxylation is 1. The minimum absolute atomic E-state index is 0.136. The molecule has 0 atom stereocenters. The van der Waals surface area contributed by atoms with Gasteiger partial charge in [0.2, 0.25) is 0 Å². The van der Waals surface area contributed by atoms with Crippen molar-refractivity contribution >= 4 is 33.4 Å². The Balaban J connectivity index is 2.10. The minimum Gasteiger partial charge on any atom is -0.290 e. The monoisotopic (exact) mass is 310 g/mol. The average Bonchev–Trinajstić information content (AvgIpc) is 2.85. The summed E-state index contributed by atoms with van der Waals surface area (Å²) in [5.74, 6) is 0. The summed E-state index contributed by atoms with van der Waals surface area (Å²) in [5.41, 5.74) is 3.13. The number of nitrogens with one attached hydrogen (secondary N) is 1. The molecule has 0 unspecified atom stereocenters. The molecular weight excluding hydrogens is 300 g/mol. The maximum Gasteiger partial charge on any atom is 0.280 e. The van der Waals surface area contributed by atoms with E-state index in [0.717, 1.165) is 16.6 Å². The zero-order valence-corrected chi connectivity index (χ0v) is 12.4. The summed E-state index contributed by atoms with van der Waals surface area (Å²) in [6, 6.07) is 9.44. The number of nitrogens with zero attached hydrogens (tertiary/aromatic N) is 3. The van der Waals surface area contributed by atoms with Crippen molar-refractivity contribution in [2.45, 2.75) is 6.92 Å². The first kappa shape index (κ1) is 13.0. The standard InChI is InChI=1S/C16H11ClN4O/c1-9-3-2-4-10(5-9)21-16(22)12-7-18-13-8-19-14(17)6-11(13)15(12)20-21/h2-8,20H,1H3. The molecule has 0 aliphatic heterocycles. The third-order valence-electron chi connectivity index (χ3n) is 3.64. The number of hydrogen-bond acceptors (Lipinski definition) is 3. The Morgan fingerprint density at radius 1 is 1.14 bits per heavy atom. The van der Waals surface area contributed by atoms with Crippen molar-refractivity contribution in [3.63, 3.8) is 0 Å². The summed E-state index contributed by atoms with van der Waals surface area (Å²) in [6.07, 6.45) is 3.16. The molecule has 108 valence electrons. The molecule has 3 aromatic heterocycles. The van der Waals surface area contributed by atoms with Crippen molar-refractivity contribution in [1.29, 1.82) is 0 Å². The van der Waals surface area contributed by atoms with Gasteiger partial charge in [-0.05, 0) is 30.7 Å². The van der Waals surface area contributed by atoms with Gasteiger partial charge in [-0.1, -0.05) is 23.7 Å². The first-order chi connectivity index (χ1) is 10.6. The molecule has 0 bridgehead atoms. The number of aromatic amines is 1. The topological polar surface area (TPSA) is 63.6 Å². The van der Waals surface area contributed by atoms with Crippen molar-refractivity contribution in [1.82, 2.24) is 19.7 Å². The molecule has 1 N–H and O–H groups in total. The molecule has 0 spiro atoms. The van der Waals surface area contributed by atoms with Gasteiger partial charge in [-0.15, -0.1) is 0 Å². The van der Waals surface area contributed by atoms with Gasteiger partial charge in [-0.3, -0.25) is 14.9 Å². The summed E-state index contributed by atoms with van der Waals surface area (Å²) < 4.78 is 1.52. The van der Waals surface area contributed by atoms with E-state index in [9.17, 15) is 4.79 Å². The predicted molar refractivity (Wildman–Crippen MR) is 86.7 cm³/mol. The van der Waals surface area contributed by atoms with E-state index in [1.165, 1.54) is 4.68 Å². The van der Waals surface area contributed by atoms with Gasteiger partial charge in [0, 0.05) is 11.6 Å². The third kappa shape index (κ3) is 1.90. The van der Waals surface area contributed by atoms with E-state index in [0.29, 0.717) is 21.6 Å². The number of hydrogen-bond donors (Lipinski definition) is 1. The number of H-pyrrole nitrogens is 1. The maximum atomic E-state index is 12.6. The lowest BCUT2D eigenvalue weighted by atomic mass is 10.2. The molecule has 0 aliphatic carbocycles. The van der Waals surface area contributed by atoms with Crippen LogP contribution in [0.25, 0.3) is 27.5 Å². The van der Waals surface area contributed by atoms with Crippen LogP contribution < -0.4 is 5.56 Å². The molecule has 4 aromatic rings. The first-order valence-electron chi connectivity index (χ1n) is 6.75. The molecule has 0 saturated heterocycles. The molecule has 1 aromatic carbocycles. The lowest BCUT2D eigenvalue weighted by Gasteiger charge is -2.02. The highest BCUT2D eigenvalue weighted by atomic mass is 35.5. The average molecular weight is 311 g/mol. The molecule has 6 heteroatoms. The number of benzene rings is 1. The van der Waals surface area contributed by atoms with Crippen LogP contribution >= 0.6 is 11.6 Å². The number of halogens is 1. The minimum atomic E-state index is -0.136. The Bertz CT molecular complexity index is 1080. The van der Waals surface area contributed by atoms with Crippen molar-refractivity contribution in [3.05, 3.63) is 63.8 Å². The number of aromatic nitrogens is 4. The highest BCUT2D eigenvalue weighted by Crippen LogP contribution is 2.22. The van der Waals surface area contributed by atoms with Crippen LogP contribution in [0.1, 0.15) is 5.56 Å². The van der Waals surface area contributed by atoms with E-state index in [4.69, 9.17) is 11.6 Å². The van der Waals surface area contributed by atoms with Gasteiger partial charge in [-0.2, -0.15) is 0 Å². The molecule has 0 saturated carbocycles. The largest absolute Gasteiger partial charge is 0.290 e. The van der Waals surface area contributed by atoms with Crippen molar-refractivity contribution < 1.29 is 0 Å². The van der Waals surface area contributed by atoms with Crippen LogP contribution in [-0.4, -0.2) is 19.7 Å². The van der Waals surface area contributed by atoms with Crippen LogP contribution in [0.5, 0.6) is 0 Å². The van der Waals surface area contributed by atoms with E-state index in [2.05, 4.69) is 15.1 Å². The molecule has 0 amide bonds. The zero-order chi connectivity index (χ0) is 15.3. The zero-order valence-electron chi connectivity index (χ0n) is 11.7. The van der Waals surface area contributed by atoms with Gasteiger partial charge in [-0.25, -0.2) is 9.67 Å². The quantitative estimate of drug-likeness (QED) is 0.549. The number of rotatable bonds is 1. The Morgan fingerprint density at radius 2 is 2.00 bits per heavy atom. The number of pyridine rings is 2. The highest BCUT2D eigenvalue weighted by molar-refractivity contribution is 6.30. The van der Waals surface area contributed by atoms with Gasteiger partial charge in [0.25, 0.3) is 5.56 Å². The van der Waals surface area contributed by atoms with Gasteiger partial charge >= 0.3 is 0 Å². The van der Waals surface area contributed by atoms with E-state index >= 15 is 0 Å². The second-order valence-corrected chi connectivity index (χ2v) is 5.55. The van der Waals surface area contributed by atoms with Crippen LogP contribution in [0, 0.1) is 6.92 Å². The van der Waals surface area contributed by atoms with Gasteiger partial charge in [0.05, 0.1) is 28.3 Å². The Morgan fingerprint density at radius 3 is 2.82 bits per heavy atom. The fourth-order valence-electron chi connectivity index (χ4n) is 2.58. The summed E-state index contributed by atoms with van der Waals surface area (Å²) in [6.45, 7) is 1.99. The van der Waals surface area contributed by atoms with Crippen LogP contribution in [0.2, 0.25) is 5.15 Å². The van der Waals surface area contributed by atoms with Crippen LogP contribution in [0.3, 0.4) is 0 Å². The lowest BCUT2D eigenvalue weighted by molar-refractivity contribution is 0.863. The first-order valence-corrected chi connectivity index (χ1v) is 7.13. The molecule has 22 heavy (non-hydrogen) atoms. The summed E-state index contributed by atoms with van der Waals surface area (Å²) in [5, 5.41) is 4.82. The van der Waals surface area contributed by atoms with Crippen LogP contribution in [0.4, 0.5) is 0 Å². The maximum absolute atomic E-state index is 12.6. The van der Waals surface area contributed by atoms with E-state index in [-0.39, 0.29) is 5.56 Å².